The van der Waals surface area contributed by atoms with E-state index < -0.39 is 34.4 Å². The van der Waals surface area contributed by atoms with E-state index in [0.717, 1.165) is 12.1 Å². The summed E-state index contributed by atoms with van der Waals surface area (Å²) < 4.78 is 23.7. The molecule has 9 heteroatoms. The second-order valence-corrected chi connectivity index (χ2v) is 5.42. The zero-order chi connectivity index (χ0) is 20.0. The fourth-order valence-electron chi connectivity index (χ4n) is 2.11. The average molecular weight is 376 g/mol. The van der Waals surface area contributed by atoms with Gasteiger partial charge in [-0.15, -0.1) is 0 Å². The van der Waals surface area contributed by atoms with Crippen LogP contribution in [0, 0.1) is 15.9 Å². The van der Waals surface area contributed by atoms with Crippen LogP contribution in [0.2, 0.25) is 0 Å². The van der Waals surface area contributed by atoms with E-state index in [2.05, 4.69) is 5.32 Å². The van der Waals surface area contributed by atoms with Gasteiger partial charge in [-0.25, -0.2) is 4.79 Å². The largest absolute Gasteiger partial charge is 0.494 e. The Morgan fingerprint density at radius 1 is 1.22 bits per heavy atom. The Morgan fingerprint density at radius 3 is 2.48 bits per heavy atom. The number of carbonyl (C=O) groups excluding carboxylic acids is 2. The molecule has 1 unspecified atom stereocenters. The highest BCUT2D eigenvalue weighted by atomic mass is 19.1. The van der Waals surface area contributed by atoms with E-state index in [9.17, 15) is 24.1 Å². The zero-order valence-corrected chi connectivity index (χ0v) is 14.6. The van der Waals surface area contributed by atoms with Gasteiger partial charge in [-0.2, -0.15) is 4.39 Å². The third kappa shape index (κ3) is 5.24. The van der Waals surface area contributed by atoms with Gasteiger partial charge in [-0.05, 0) is 50.2 Å². The number of nitrogens with zero attached hydrogens (tertiary/aromatic N) is 1. The predicted molar refractivity (Wildman–Crippen MR) is 94.2 cm³/mol. The number of esters is 1. The number of ether oxygens (including phenoxy) is 2. The van der Waals surface area contributed by atoms with E-state index in [1.165, 1.54) is 25.1 Å². The minimum absolute atomic E-state index is 0.0112. The molecule has 0 spiro atoms. The Labute approximate surface area is 154 Å². The first-order valence-electron chi connectivity index (χ1n) is 8.00. The van der Waals surface area contributed by atoms with Crippen molar-refractivity contribution in [3.8, 4) is 5.75 Å². The van der Waals surface area contributed by atoms with E-state index in [0.29, 0.717) is 12.4 Å². The minimum Gasteiger partial charge on any atom is -0.494 e. The number of nitro benzene ring substituents is 1. The molecule has 27 heavy (non-hydrogen) atoms. The van der Waals surface area contributed by atoms with Crippen molar-refractivity contribution in [3.63, 3.8) is 0 Å². The molecule has 0 saturated heterocycles. The van der Waals surface area contributed by atoms with Crippen LogP contribution in [0.3, 0.4) is 0 Å². The zero-order valence-electron chi connectivity index (χ0n) is 14.6. The van der Waals surface area contributed by atoms with Crippen LogP contribution in [0.25, 0.3) is 0 Å². The van der Waals surface area contributed by atoms with Gasteiger partial charge in [-0.3, -0.25) is 14.9 Å². The van der Waals surface area contributed by atoms with Crippen molar-refractivity contribution in [1.29, 1.82) is 0 Å². The third-order valence-electron chi connectivity index (χ3n) is 3.46. The normalized spacial score (nSPS) is 11.4. The van der Waals surface area contributed by atoms with Crippen LogP contribution in [0.15, 0.2) is 42.5 Å². The maximum absolute atomic E-state index is 13.3. The number of carbonyl (C=O) groups is 2. The van der Waals surface area contributed by atoms with Gasteiger partial charge in [0, 0.05) is 11.8 Å². The molecule has 0 radical (unpaired) electrons. The first-order chi connectivity index (χ1) is 12.8. The first kappa shape index (κ1) is 19.8. The van der Waals surface area contributed by atoms with Crippen LogP contribution in [-0.2, 0) is 9.53 Å². The molecule has 0 aromatic heterocycles. The lowest BCUT2D eigenvalue weighted by atomic mass is 10.2. The van der Waals surface area contributed by atoms with Crippen molar-refractivity contribution in [2.24, 2.45) is 0 Å². The minimum atomic E-state index is -1.17. The SMILES string of the molecule is CCOc1ccc(C(=O)OC(C)C(=O)Nc2ccc(F)c([N+](=O)[O-])c2)cc1. The van der Waals surface area contributed by atoms with Crippen LogP contribution >= 0.6 is 0 Å². The average Bonchev–Trinajstić information content (AvgIpc) is 2.63. The number of hydrogen-bond acceptors (Lipinski definition) is 6. The molecule has 1 N–H and O–H groups in total. The van der Waals surface area contributed by atoms with E-state index in [1.54, 1.807) is 12.1 Å². The third-order valence-corrected chi connectivity index (χ3v) is 3.46. The molecule has 0 bridgehead atoms. The molecule has 0 saturated carbocycles. The monoisotopic (exact) mass is 376 g/mol. The van der Waals surface area contributed by atoms with Crippen molar-refractivity contribution in [1.82, 2.24) is 0 Å². The number of nitro groups is 1. The highest BCUT2D eigenvalue weighted by Crippen LogP contribution is 2.22. The quantitative estimate of drug-likeness (QED) is 0.451. The van der Waals surface area contributed by atoms with E-state index in [4.69, 9.17) is 9.47 Å². The number of halogens is 1. The Hall–Kier alpha value is -3.49. The van der Waals surface area contributed by atoms with Crippen LogP contribution in [0.1, 0.15) is 24.2 Å². The predicted octanol–water partition coefficient (Wildman–Crippen LogP) is 3.32. The second-order valence-electron chi connectivity index (χ2n) is 5.42. The summed E-state index contributed by atoms with van der Waals surface area (Å²) in [6, 6.07) is 9.12. The standard InChI is InChI=1S/C18H17FN2O6/c1-3-26-14-7-4-12(5-8-14)18(23)27-11(2)17(22)20-13-6-9-15(19)16(10-13)21(24)25/h4-11H,3H2,1-2H3,(H,20,22). The molecule has 1 amide bonds. The smallest absolute Gasteiger partial charge is 0.338 e. The summed E-state index contributed by atoms with van der Waals surface area (Å²) in [7, 11) is 0. The number of hydrogen-bond donors (Lipinski definition) is 1. The van der Waals surface area contributed by atoms with Crippen molar-refractivity contribution in [2.45, 2.75) is 20.0 Å². The van der Waals surface area contributed by atoms with E-state index >= 15 is 0 Å². The lowest BCUT2D eigenvalue weighted by molar-refractivity contribution is -0.387. The van der Waals surface area contributed by atoms with Crippen molar-refractivity contribution < 1.29 is 28.4 Å². The molecule has 2 rings (SSSR count). The molecule has 2 aromatic rings. The molecule has 0 fully saturated rings. The molecule has 0 aliphatic heterocycles. The maximum Gasteiger partial charge on any atom is 0.338 e. The lowest BCUT2D eigenvalue weighted by Crippen LogP contribution is -2.30. The summed E-state index contributed by atoms with van der Waals surface area (Å²) in [6.45, 7) is 3.67. The topological polar surface area (TPSA) is 108 Å². The fourth-order valence-corrected chi connectivity index (χ4v) is 2.11. The summed E-state index contributed by atoms with van der Waals surface area (Å²) >= 11 is 0. The molecule has 0 heterocycles. The van der Waals surface area contributed by atoms with Gasteiger partial charge in [-0.1, -0.05) is 0 Å². The Kier molecular flexibility index (Phi) is 6.42. The maximum atomic E-state index is 13.3. The summed E-state index contributed by atoms with van der Waals surface area (Å²) in [5, 5.41) is 13.1. The summed E-state index contributed by atoms with van der Waals surface area (Å²) in [5.74, 6) is -1.85. The number of rotatable bonds is 7. The van der Waals surface area contributed by atoms with E-state index in [-0.39, 0.29) is 11.3 Å². The van der Waals surface area contributed by atoms with Gasteiger partial charge >= 0.3 is 11.7 Å². The number of anilines is 1. The number of amides is 1. The lowest BCUT2D eigenvalue weighted by Gasteiger charge is -2.14. The van der Waals surface area contributed by atoms with Crippen molar-refractivity contribution in [3.05, 3.63) is 64.0 Å². The Bertz CT molecular complexity index is 853. The number of benzene rings is 2. The first-order valence-corrected chi connectivity index (χ1v) is 8.00. The molecule has 2 aromatic carbocycles. The van der Waals surface area contributed by atoms with Crippen LogP contribution < -0.4 is 10.1 Å². The van der Waals surface area contributed by atoms with Crippen molar-refractivity contribution in [2.75, 3.05) is 11.9 Å². The van der Waals surface area contributed by atoms with Gasteiger partial charge in [0.05, 0.1) is 17.1 Å². The highest BCUT2D eigenvalue weighted by molar-refractivity contribution is 5.97. The Morgan fingerprint density at radius 2 is 1.89 bits per heavy atom. The molecule has 142 valence electrons. The number of nitrogens with one attached hydrogen (secondary N) is 1. The van der Waals surface area contributed by atoms with Gasteiger partial charge in [0.2, 0.25) is 5.82 Å². The van der Waals surface area contributed by atoms with Crippen LogP contribution in [-0.4, -0.2) is 29.5 Å². The Balaban J connectivity index is 1.99. The molecule has 0 aliphatic rings. The van der Waals surface area contributed by atoms with Gasteiger partial charge in [0.15, 0.2) is 6.10 Å². The second kappa shape index (κ2) is 8.75. The summed E-state index contributed by atoms with van der Waals surface area (Å²) in [6.07, 6.45) is -1.17. The van der Waals surface area contributed by atoms with Gasteiger partial charge in [0.25, 0.3) is 5.91 Å². The molecular weight excluding hydrogens is 359 g/mol. The molecule has 8 nitrogen and oxygen atoms in total. The molecule has 1 atom stereocenters. The summed E-state index contributed by atoms with van der Waals surface area (Å²) in [5.41, 5.74) is -0.528. The van der Waals surface area contributed by atoms with E-state index in [1.807, 2.05) is 6.92 Å². The van der Waals surface area contributed by atoms with Crippen LogP contribution in [0.5, 0.6) is 5.75 Å². The molecular formula is C18H17FN2O6. The fraction of sp³-hybridized carbons (Fsp3) is 0.222. The highest BCUT2D eigenvalue weighted by Gasteiger charge is 2.21. The summed E-state index contributed by atoms with van der Waals surface area (Å²) in [4.78, 5) is 34.0. The van der Waals surface area contributed by atoms with Crippen molar-refractivity contribution >= 4 is 23.3 Å². The molecule has 0 aliphatic carbocycles. The van der Waals surface area contributed by atoms with Crippen LogP contribution in [0.4, 0.5) is 15.8 Å². The van der Waals surface area contributed by atoms with Gasteiger partial charge < -0.3 is 14.8 Å². The van der Waals surface area contributed by atoms with Gasteiger partial charge in [0.1, 0.15) is 5.75 Å².